The van der Waals surface area contributed by atoms with Crippen molar-refractivity contribution >= 4 is 29.9 Å². The maximum atomic E-state index is 5.68. The number of likely N-dealkylation sites (tertiary alicyclic amines) is 1. The predicted octanol–water partition coefficient (Wildman–Crippen LogP) is 3.30. The smallest absolute Gasteiger partial charge is 0.191 e. The molecule has 0 spiro atoms. The van der Waals surface area contributed by atoms with Crippen molar-refractivity contribution in [3.8, 4) is 5.75 Å². The molecule has 2 N–H and O–H groups in total. The highest BCUT2D eigenvalue weighted by atomic mass is 127. The minimum Gasteiger partial charge on any atom is -0.490 e. The van der Waals surface area contributed by atoms with Gasteiger partial charge >= 0.3 is 0 Å². The third-order valence-electron chi connectivity index (χ3n) is 4.83. The van der Waals surface area contributed by atoms with Crippen LogP contribution in [0.1, 0.15) is 25.3 Å². The maximum Gasteiger partial charge on any atom is 0.191 e. The van der Waals surface area contributed by atoms with Gasteiger partial charge in [-0.05, 0) is 44.0 Å². The van der Waals surface area contributed by atoms with Crippen LogP contribution < -0.4 is 15.4 Å². The molecule has 2 heterocycles. The summed E-state index contributed by atoms with van der Waals surface area (Å²) in [4.78, 5) is 11.4. The Bertz CT molecular complexity index is 714. The van der Waals surface area contributed by atoms with Gasteiger partial charge in [-0.25, -0.2) is 0 Å². The van der Waals surface area contributed by atoms with E-state index in [9.17, 15) is 0 Å². The minimum atomic E-state index is 0. The van der Waals surface area contributed by atoms with Crippen LogP contribution in [0.25, 0.3) is 0 Å². The Hall–Kier alpha value is -1.87. The molecule has 0 amide bonds. The van der Waals surface area contributed by atoms with Crippen LogP contribution in [0.4, 0.5) is 0 Å². The molecule has 3 rings (SSSR count). The molecular formula is C22H32IN5O. The van der Waals surface area contributed by atoms with E-state index in [-0.39, 0.29) is 24.0 Å². The summed E-state index contributed by atoms with van der Waals surface area (Å²) < 4.78 is 5.68. The molecule has 1 aromatic carbocycles. The number of hydrogen-bond donors (Lipinski definition) is 2. The zero-order chi connectivity index (χ0) is 19.4. The topological polar surface area (TPSA) is 61.8 Å². The van der Waals surface area contributed by atoms with Gasteiger partial charge in [0.05, 0.1) is 19.3 Å². The number of nitrogens with one attached hydrogen (secondary N) is 2. The molecule has 1 aliphatic rings. The van der Waals surface area contributed by atoms with Gasteiger partial charge in [0.2, 0.25) is 0 Å². The van der Waals surface area contributed by atoms with E-state index in [1.54, 1.807) is 12.4 Å². The van der Waals surface area contributed by atoms with E-state index in [1.165, 1.54) is 18.4 Å². The summed E-state index contributed by atoms with van der Waals surface area (Å²) in [5, 5.41) is 6.68. The molecule has 1 aliphatic heterocycles. The lowest BCUT2D eigenvalue weighted by Crippen LogP contribution is -2.40. The Morgan fingerprint density at radius 3 is 2.83 bits per heavy atom. The van der Waals surface area contributed by atoms with Gasteiger partial charge in [0, 0.05) is 25.3 Å². The highest BCUT2D eigenvalue weighted by molar-refractivity contribution is 14.0. The molecule has 0 bridgehead atoms. The molecule has 29 heavy (non-hydrogen) atoms. The third kappa shape index (κ3) is 8.18. The summed E-state index contributed by atoms with van der Waals surface area (Å²) in [6.07, 6.45) is 5.92. The lowest BCUT2D eigenvalue weighted by Gasteiger charge is -2.23. The van der Waals surface area contributed by atoms with Crippen molar-refractivity contribution in [1.82, 2.24) is 20.5 Å². The summed E-state index contributed by atoms with van der Waals surface area (Å²) in [5.74, 6) is 1.64. The number of aliphatic imine (C=N–C) groups is 1. The van der Waals surface area contributed by atoms with Crippen molar-refractivity contribution in [2.24, 2.45) is 4.99 Å². The van der Waals surface area contributed by atoms with Crippen LogP contribution in [0, 0.1) is 0 Å². The first-order chi connectivity index (χ1) is 13.8. The van der Waals surface area contributed by atoms with Crippen molar-refractivity contribution in [3.05, 3.63) is 60.4 Å². The summed E-state index contributed by atoms with van der Waals surface area (Å²) in [7, 11) is 0. The van der Waals surface area contributed by atoms with E-state index in [2.05, 4.69) is 57.8 Å². The fourth-order valence-corrected chi connectivity index (χ4v) is 3.44. The van der Waals surface area contributed by atoms with E-state index in [0.29, 0.717) is 19.2 Å². The molecule has 0 radical (unpaired) electrons. The molecule has 1 fully saturated rings. The van der Waals surface area contributed by atoms with Gasteiger partial charge in [0.1, 0.15) is 12.4 Å². The number of ether oxygens (including phenoxy) is 1. The molecule has 1 unspecified atom stereocenters. The van der Waals surface area contributed by atoms with E-state index < -0.39 is 0 Å². The zero-order valence-electron chi connectivity index (χ0n) is 17.1. The highest BCUT2D eigenvalue weighted by Gasteiger charge is 2.24. The van der Waals surface area contributed by atoms with E-state index in [4.69, 9.17) is 9.73 Å². The lowest BCUT2D eigenvalue weighted by molar-refractivity contribution is 0.250. The van der Waals surface area contributed by atoms with Gasteiger partial charge < -0.3 is 15.4 Å². The van der Waals surface area contributed by atoms with Crippen LogP contribution in [-0.4, -0.2) is 54.7 Å². The molecule has 1 atom stereocenters. The van der Waals surface area contributed by atoms with E-state index >= 15 is 0 Å². The van der Waals surface area contributed by atoms with E-state index in [0.717, 1.165) is 37.9 Å². The maximum absolute atomic E-state index is 5.68. The fraction of sp³-hybridized carbons (Fsp3) is 0.455. The Labute approximate surface area is 191 Å². The zero-order valence-corrected chi connectivity index (χ0v) is 19.4. The number of halogens is 1. The molecule has 1 saturated heterocycles. The number of hydrogen-bond acceptors (Lipinski definition) is 4. The first-order valence-electron chi connectivity index (χ1n) is 10.2. The molecule has 158 valence electrons. The van der Waals surface area contributed by atoms with Crippen molar-refractivity contribution in [1.29, 1.82) is 0 Å². The van der Waals surface area contributed by atoms with Gasteiger partial charge in [0.15, 0.2) is 5.96 Å². The van der Waals surface area contributed by atoms with Crippen molar-refractivity contribution in [3.63, 3.8) is 0 Å². The lowest BCUT2D eigenvalue weighted by atomic mass is 10.2. The van der Waals surface area contributed by atoms with E-state index in [1.807, 2.05) is 12.1 Å². The summed E-state index contributed by atoms with van der Waals surface area (Å²) >= 11 is 0. The van der Waals surface area contributed by atoms with Gasteiger partial charge in [-0.3, -0.25) is 14.9 Å². The molecule has 7 heteroatoms. The van der Waals surface area contributed by atoms with Crippen LogP contribution in [0.15, 0.2) is 59.9 Å². The highest BCUT2D eigenvalue weighted by Crippen LogP contribution is 2.20. The minimum absolute atomic E-state index is 0. The Kier molecular flexibility index (Phi) is 10.8. The number of pyridine rings is 1. The van der Waals surface area contributed by atoms with Gasteiger partial charge in [-0.2, -0.15) is 0 Å². The summed E-state index contributed by atoms with van der Waals surface area (Å²) in [5.41, 5.74) is 1.37. The fourth-order valence-electron chi connectivity index (χ4n) is 3.44. The second-order valence-corrected chi connectivity index (χ2v) is 6.94. The predicted molar refractivity (Wildman–Crippen MR) is 129 cm³/mol. The molecule has 0 saturated carbocycles. The summed E-state index contributed by atoms with van der Waals surface area (Å²) in [6, 6.07) is 15.0. The van der Waals surface area contributed by atoms with Gasteiger partial charge in [-0.1, -0.05) is 30.3 Å². The van der Waals surface area contributed by atoms with Gasteiger partial charge in [0.25, 0.3) is 0 Å². The first kappa shape index (κ1) is 23.4. The largest absolute Gasteiger partial charge is 0.490 e. The normalized spacial score (nSPS) is 16.9. The third-order valence-corrected chi connectivity index (χ3v) is 4.83. The number of rotatable bonds is 9. The standard InChI is InChI=1S/C22H31N5O.HI/c1-2-24-22(25-13-15-28-21-11-6-12-23-17-21)26-16-20-10-7-14-27(20)18-19-8-4-3-5-9-19;/h3-6,8-9,11-12,17,20H,2,7,10,13-16,18H2,1H3,(H2,24,25,26);1H. The Balaban J connectivity index is 0.00000300. The van der Waals surface area contributed by atoms with Crippen molar-refractivity contribution < 1.29 is 4.74 Å². The number of guanidine groups is 1. The van der Waals surface area contributed by atoms with Crippen LogP contribution in [-0.2, 0) is 6.54 Å². The van der Waals surface area contributed by atoms with Crippen LogP contribution in [0.2, 0.25) is 0 Å². The number of benzene rings is 1. The summed E-state index contributed by atoms with van der Waals surface area (Å²) in [6.45, 7) is 7.15. The second kappa shape index (κ2) is 13.4. The SMILES string of the molecule is CCNC(=NCC1CCCN1Cc1ccccc1)NCCOc1cccnc1.I. The van der Waals surface area contributed by atoms with Crippen LogP contribution in [0.5, 0.6) is 5.75 Å². The Morgan fingerprint density at radius 2 is 2.07 bits per heavy atom. The molecule has 2 aromatic rings. The molecule has 1 aromatic heterocycles. The van der Waals surface area contributed by atoms with Crippen LogP contribution >= 0.6 is 24.0 Å². The molecule has 0 aliphatic carbocycles. The van der Waals surface area contributed by atoms with Crippen molar-refractivity contribution in [2.45, 2.75) is 32.4 Å². The van der Waals surface area contributed by atoms with Crippen LogP contribution in [0.3, 0.4) is 0 Å². The average molecular weight is 509 g/mol. The number of aromatic nitrogens is 1. The van der Waals surface area contributed by atoms with Gasteiger partial charge in [-0.15, -0.1) is 24.0 Å². The monoisotopic (exact) mass is 509 g/mol. The average Bonchev–Trinajstić information content (AvgIpc) is 3.17. The second-order valence-electron chi connectivity index (χ2n) is 6.94. The molecular weight excluding hydrogens is 477 g/mol. The first-order valence-corrected chi connectivity index (χ1v) is 10.2. The van der Waals surface area contributed by atoms with Crippen molar-refractivity contribution in [2.75, 3.05) is 32.8 Å². The molecule has 6 nitrogen and oxygen atoms in total. The quantitative estimate of drug-likeness (QED) is 0.235. The number of nitrogens with zero attached hydrogens (tertiary/aromatic N) is 3. The Morgan fingerprint density at radius 1 is 1.21 bits per heavy atom.